The molecule has 0 unspecified atom stereocenters. The minimum Gasteiger partial charge on any atom is -0.399 e. The molecule has 0 spiro atoms. The molecule has 0 saturated heterocycles. The number of anilines is 3. The number of benzene rings is 2. The Bertz CT molecular complexity index is 698. The quantitative estimate of drug-likeness (QED) is 0.625. The van der Waals surface area contributed by atoms with Crippen molar-refractivity contribution in [2.45, 2.75) is 13.3 Å². The second-order valence-electron chi connectivity index (χ2n) is 4.54. The number of hydrogen-bond acceptors (Lipinski definition) is 3. The van der Waals surface area contributed by atoms with Gasteiger partial charge in [0.05, 0.1) is 11.0 Å². The van der Waals surface area contributed by atoms with Crippen LogP contribution in [0.15, 0.2) is 42.5 Å². The summed E-state index contributed by atoms with van der Waals surface area (Å²) in [5, 5.41) is 3.26. The zero-order valence-electron chi connectivity index (χ0n) is 10.8. The average Bonchev–Trinajstić information content (AvgIpc) is 2.81. The van der Waals surface area contributed by atoms with Crippen molar-refractivity contribution in [2.24, 2.45) is 0 Å². The maximum atomic E-state index is 5.75. The minimum atomic E-state index is 0.727. The van der Waals surface area contributed by atoms with Gasteiger partial charge in [0.15, 0.2) is 0 Å². The van der Waals surface area contributed by atoms with Crippen LogP contribution < -0.4 is 11.1 Å². The largest absolute Gasteiger partial charge is 0.399 e. The van der Waals surface area contributed by atoms with Gasteiger partial charge in [0.2, 0.25) is 5.95 Å². The number of nitrogens with zero attached hydrogens (tertiary/aromatic N) is 1. The molecule has 0 aliphatic rings. The summed E-state index contributed by atoms with van der Waals surface area (Å²) in [4.78, 5) is 7.68. The summed E-state index contributed by atoms with van der Waals surface area (Å²) in [6, 6.07) is 14.0. The second kappa shape index (κ2) is 4.65. The Morgan fingerprint density at radius 1 is 1.16 bits per heavy atom. The monoisotopic (exact) mass is 252 g/mol. The Morgan fingerprint density at radius 3 is 2.68 bits per heavy atom. The van der Waals surface area contributed by atoms with Gasteiger partial charge in [-0.15, -0.1) is 0 Å². The molecule has 3 aromatic rings. The van der Waals surface area contributed by atoms with Gasteiger partial charge in [-0.2, -0.15) is 0 Å². The topological polar surface area (TPSA) is 66.7 Å². The highest BCUT2D eigenvalue weighted by Crippen LogP contribution is 2.20. The number of aryl methyl sites for hydroxylation is 1. The fourth-order valence-electron chi connectivity index (χ4n) is 2.05. The summed E-state index contributed by atoms with van der Waals surface area (Å²) >= 11 is 0. The van der Waals surface area contributed by atoms with E-state index in [1.54, 1.807) is 0 Å². The first-order chi connectivity index (χ1) is 9.24. The van der Waals surface area contributed by atoms with Gasteiger partial charge in [-0.1, -0.05) is 19.1 Å². The predicted molar refractivity (Wildman–Crippen MR) is 79.6 cm³/mol. The molecule has 0 atom stereocenters. The summed E-state index contributed by atoms with van der Waals surface area (Å²) in [5.74, 6) is 0.727. The zero-order valence-corrected chi connectivity index (χ0v) is 10.8. The van der Waals surface area contributed by atoms with Crippen LogP contribution in [-0.2, 0) is 6.42 Å². The van der Waals surface area contributed by atoms with Crippen molar-refractivity contribution in [3.8, 4) is 0 Å². The summed E-state index contributed by atoms with van der Waals surface area (Å²) in [7, 11) is 0. The summed E-state index contributed by atoms with van der Waals surface area (Å²) in [5.41, 5.74) is 10.7. The number of aromatic amines is 1. The van der Waals surface area contributed by atoms with Crippen LogP contribution in [0.3, 0.4) is 0 Å². The van der Waals surface area contributed by atoms with E-state index in [0.717, 1.165) is 34.8 Å². The standard InChI is InChI=1S/C15H16N4/c1-2-10-3-6-12(7-4-10)17-15-18-13-8-5-11(16)9-14(13)19-15/h3-9H,2,16H2,1H3,(H2,17,18,19). The highest BCUT2D eigenvalue weighted by molar-refractivity contribution is 5.81. The van der Waals surface area contributed by atoms with Gasteiger partial charge in [-0.3, -0.25) is 0 Å². The molecular formula is C15H16N4. The lowest BCUT2D eigenvalue weighted by molar-refractivity contribution is 1.14. The van der Waals surface area contributed by atoms with Crippen molar-refractivity contribution >= 4 is 28.4 Å². The fraction of sp³-hybridized carbons (Fsp3) is 0.133. The number of aromatic nitrogens is 2. The highest BCUT2D eigenvalue weighted by atomic mass is 15.1. The second-order valence-corrected chi connectivity index (χ2v) is 4.54. The molecule has 0 amide bonds. The summed E-state index contributed by atoms with van der Waals surface area (Å²) in [6.07, 6.45) is 1.05. The van der Waals surface area contributed by atoms with E-state index in [1.165, 1.54) is 5.56 Å². The molecule has 4 N–H and O–H groups in total. The summed E-state index contributed by atoms with van der Waals surface area (Å²) < 4.78 is 0. The first kappa shape index (κ1) is 11.6. The van der Waals surface area contributed by atoms with Gasteiger partial charge in [0, 0.05) is 11.4 Å². The Morgan fingerprint density at radius 2 is 1.95 bits per heavy atom. The molecule has 0 aliphatic carbocycles. The molecule has 4 heteroatoms. The smallest absolute Gasteiger partial charge is 0.205 e. The number of rotatable bonds is 3. The zero-order chi connectivity index (χ0) is 13.2. The molecule has 0 fully saturated rings. The molecule has 0 saturated carbocycles. The van der Waals surface area contributed by atoms with Crippen LogP contribution in [0.5, 0.6) is 0 Å². The maximum absolute atomic E-state index is 5.75. The number of hydrogen-bond donors (Lipinski definition) is 3. The van der Waals surface area contributed by atoms with Crippen LogP contribution in [0.25, 0.3) is 11.0 Å². The average molecular weight is 252 g/mol. The third-order valence-electron chi connectivity index (χ3n) is 3.13. The number of H-pyrrole nitrogens is 1. The lowest BCUT2D eigenvalue weighted by Gasteiger charge is -2.03. The molecule has 1 aromatic heterocycles. The molecule has 1 heterocycles. The van der Waals surface area contributed by atoms with Crippen molar-refractivity contribution in [3.05, 3.63) is 48.0 Å². The van der Waals surface area contributed by atoms with E-state index in [0.29, 0.717) is 0 Å². The van der Waals surface area contributed by atoms with Gasteiger partial charge in [0.25, 0.3) is 0 Å². The Hall–Kier alpha value is -2.49. The Kier molecular flexibility index (Phi) is 2.83. The number of nitrogens with two attached hydrogens (primary N) is 1. The van der Waals surface area contributed by atoms with E-state index in [4.69, 9.17) is 5.73 Å². The SMILES string of the molecule is CCc1ccc(Nc2nc3ccc(N)cc3[nH]2)cc1. The third kappa shape index (κ3) is 2.38. The molecular weight excluding hydrogens is 236 g/mol. The van der Waals surface area contributed by atoms with E-state index in [9.17, 15) is 0 Å². The van der Waals surface area contributed by atoms with E-state index >= 15 is 0 Å². The predicted octanol–water partition coefficient (Wildman–Crippen LogP) is 3.45. The van der Waals surface area contributed by atoms with Crippen LogP contribution in [0.1, 0.15) is 12.5 Å². The van der Waals surface area contributed by atoms with Crippen LogP contribution in [0.2, 0.25) is 0 Å². The highest BCUT2D eigenvalue weighted by Gasteiger charge is 2.03. The van der Waals surface area contributed by atoms with Gasteiger partial charge >= 0.3 is 0 Å². The number of nitrogens with one attached hydrogen (secondary N) is 2. The minimum absolute atomic E-state index is 0.727. The molecule has 2 aromatic carbocycles. The number of fused-ring (bicyclic) bond motifs is 1. The fourth-order valence-corrected chi connectivity index (χ4v) is 2.05. The van der Waals surface area contributed by atoms with Crippen molar-refractivity contribution < 1.29 is 0 Å². The van der Waals surface area contributed by atoms with E-state index in [1.807, 2.05) is 18.2 Å². The van der Waals surface area contributed by atoms with Crippen molar-refractivity contribution in [1.82, 2.24) is 9.97 Å². The molecule has 0 radical (unpaired) electrons. The van der Waals surface area contributed by atoms with Crippen molar-refractivity contribution in [2.75, 3.05) is 11.1 Å². The van der Waals surface area contributed by atoms with Gasteiger partial charge < -0.3 is 16.0 Å². The lowest BCUT2D eigenvalue weighted by Crippen LogP contribution is -1.92. The first-order valence-corrected chi connectivity index (χ1v) is 6.36. The Labute approximate surface area is 111 Å². The van der Waals surface area contributed by atoms with Crippen molar-refractivity contribution in [3.63, 3.8) is 0 Å². The van der Waals surface area contributed by atoms with Crippen molar-refractivity contribution in [1.29, 1.82) is 0 Å². The van der Waals surface area contributed by atoms with Crippen LogP contribution in [0.4, 0.5) is 17.3 Å². The van der Waals surface area contributed by atoms with Gasteiger partial charge in [-0.05, 0) is 42.3 Å². The van der Waals surface area contributed by atoms with Gasteiger partial charge in [0.1, 0.15) is 0 Å². The van der Waals surface area contributed by atoms with Crippen LogP contribution in [-0.4, -0.2) is 9.97 Å². The molecule has 0 bridgehead atoms. The van der Waals surface area contributed by atoms with Crippen LogP contribution in [0, 0.1) is 0 Å². The van der Waals surface area contributed by atoms with Gasteiger partial charge in [-0.25, -0.2) is 4.98 Å². The molecule has 0 aliphatic heterocycles. The lowest BCUT2D eigenvalue weighted by atomic mass is 10.1. The van der Waals surface area contributed by atoms with E-state index < -0.39 is 0 Å². The normalized spacial score (nSPS) is 10.8. The molecule has 96 valence electrons. The van der Waals surface area contributed by atoms with E-state index in [2.05, 4.69) is 46.5 Å². The molecule has 4 nitrogen and oxygen atoms in total. The number of imidazole rings is 1. The summed E-state index contributed by atoms with van der Waals surface area (Å²) in [6.45, 7) is 2.14. The van der Waals surface area contributed by atoms with Crippen LogP contribution >= 0.6 is 0 Å². The molecule has 19 heavy (non-hydrogen) atoms. The third-order valence-corrected chi connectivity index (χ3v) is 3.13. The van der Waals surface area contributed by atoms with E-state index in [-0.39, 0.29) is 0 Å². The maximum Gasteiger partial charge on any atom is 0.205 e. The number of nitrogen functional groups attached to an aromatic ring is 1. The molecule has 3 rings (SSSR count). The Balaban J connectivity index is 1.87. The first-order valence-electron chi connectivity index (χ1n) is 6.36.